The van der Waals surface area contributed by atoms with Gasteiger partial charge in [0, 0.05) is 28.5 Å². The van der Waals surface area contributed by atoms with E-state index in [2.05, 4.69) is 32.2 Å². The van der Waals surface area contributed by atoms with E-state index in [1.165, 1.54) is 4.90 Å². The number of nitriles is 1. The number of benzene rings is 1. The van der Waals surface area contributed by atoms with Crippen LogP contribution in [0, 0.1) is 18.3 Å². The van der Waals surface area contributed by atoms with E-state index >= 15 is 0 Å². The highest BCUT2D eigenvalue weighted by molar-refractivity contribution is 9.10. The van der Waals surface area contributed by atoms with Crippen molar-refractivity contribution in [1.82, 2.24) is 10.2 Å². The van der Waals surface area contributed by atoms with Crippen LogP contribution in [0.5, 0.6) is 5.88 Å². The molecule has 0 bridgehead atoms. The third kappa shape index (κ3) is 1.50. The number of nitrogens with zero attached hydrogens (tertiary/aromatic N) is 3. The third-order valence-electron chi connectivity index (χ3n) is 4.58. The molecule has 1 aromatic carbocycles. The van der Waals surface area contributed by atoms with Crippen LogP contribution in [0.2, 0.25) is 0 Å². The molecule has 2 aliphatic rings. The lowest BCUT2D eigenvalue weighted by Gasteiger charge is -2.32. The van der Waals surface area contributed by atoms with Crippen LogP contribution in [0.3, 0.4) is 0 Å². The molecular weight excluding hydrogens is 374 g/mol. The minimum absolute atomic E-state index is 0.0770. The van der Waals surface area contributed by atoms with E-state index in [0.717, 1.165) is 10.2 Å². The second kappa shape index (κ2) is 4.61. The summed E-state index contributed by atoms with van der Waals surface area (Å²) < 4.78 is 6.28. The highest BCUT2D eigenvalue weighted by atomic mass is 79.9. The number of carbonyl (C=O) groups is 1. The van der Waals surface area contributed by atoms with Crippen molar-refractivity contribution >= 4 is 27.5 Å². The summed E-state index contributed by atoms with van der Waals surface area (Å²) in [5, 5.41) is 16.7. The predicted molar refractivity (Wildman–Crippen MR) is 89.1 cm³/mol. The fraction of sp³-hybridized carbons (Fsp3) is 0.188. The monoisotopic (exact) mass is 385 g/mol. The number of hydrogen-bond donors (Lipinski definition) is 2. The Balaban J connectivity index is 2.21. The van der Waals surface area contributed by atoms with Crippen molar-refractivity contribution in [2.75, 3.05) is 11.9 Å². The Morgan fingerprint density at radius 2 is 2.25 bits per heavy atom. The van der Waals surface area contributed by atoms with Crippen LogP contribution < -0.4 is 15.4 Å². The molecule has 3 heterocycles. The van der Waals surface area contributed by atoms with Gasteiger partial charge in [-0.15, -0.1) is 5.10 Å². The van der Waals surface area contributed by atoms with Gasteiger partial charge in [0.05, 0.1) is 5.56 Å². The summed E-state index contributed by atoms with van der Waals surface area (Å²) in [4.78, 5) is 14.9. The number of ether oxygens (including phenoxy) is 1. The number of aryl methyl sites for hydroxylation is 1. The molecule has 8 heteroatoms. The highest BCUT2D eigenvalue weighted by Crippen LogP contribution is 2.55. The fourth-order valence-electron chi connectivity index (χ4n) is 3.59. The molecule has 0 saturated carbocycles. The van der Waals surface area contributed by atoms with E-state index < -0.39 is 5.41 Å². The maximum Gasteiger partial charge on any atom is 0.247 e. The number of fused-ring (bicyclic) bond motifs is 4. The van der Waals surface area contributed by atoms with Gasteiger partial charge in [-0.1, -0.05) is 15.9 Å². The van der Waals surface area contributed by atoms with E-state index in [1.807, 2.05) is 18.2 Å². The van der Waals surface area contributed by atoms with Crippen LogP contribution in [0.4, 0.5) is 5.69 Å². The molecule has 3 N–H and O–H groups in total. The normalized spacial score (nSPS) is 21.6. The molecule has 1 atom stereocenters. The van der Waals surface area contributed by atoms with Crippen molar-refractivity contribution < 1.29 is 9.53 Å². The van der Waals surface area contributed by atoms with Gasteiger partial charge in [-0.2, -0.15) is 5.26 Å². The molecule has 7 nitrogen and oxygen atoms in total. The summed E-state index contributed by atoms with van der Waals surface area (Å²) in [6.07, 6.45) is 0. The van der Waals surface area contributed by atoms with Gasteiger partial charge in [0.1, 0.15) is 17.1 Å². The number of H-pyrrole nitrogens is 1. The number of aromatic amines is 1. The fourth-order valence-corrected chi connectivity index (χ4v) is 3.95. The predicted octanol–water partition coefficient (Wildman–Crippen LogP) is 1.83. The molecular formula is C16H12BrN5O2. The first kappa shape index (κ1) is 14.8. The number of carbonyl (C=O) groups excluding carboxylic acids is 1. The molecule has 1 aromatic heterocycles. The lowest BCUT2D eigenvalue weighted by Crippen LogP contribution is -2.45. The Morgan fingerprint density at radius 3 is 2.96 bits per heavy atom. The van der Waals surface area contributed by atoms with Gasteiger partial charge < -0.3 is 15.4 Å². The summed E-state index contributed by atoms with van der Waals surface area (Å²) >= 11 is 3.45. The van der Waals surface area contributed by atoms with Crippen LogP contribution >= 0.6 is 15.9 Å². The van der Waals surface area contributed by atoms with E-state index in [-0.39, 0.29) is 23.2 Å². The van der Waals surface area contributed by atoms with E-state index in [9.17, 15) is 10.1 Å². The molecule has 24 heavy (non-hydrogen) atoms. The molecule has 0 radical (unpaired) electrons. The van der Waals surface area contributed by atoms with Crippen LogP contribution in [0.15, 0.2) is 34.1 Å². The first-order valence-electron chi connectivity index (χ1n) is 7.14. The first-order chi connectivity index (χ1) is 11.4. The minimum atomic E-state index is -1.35. The number of amides is 1. The van der Waals surface area contributed by atoms with E-state index in [1.54, 1.807) is 14.0 Å². The highest BCUT2D eigenvalue weighted by Gasteiger charge is 2.60. The zero-order valence-electron chi connectivity index (χ0n) is 12.8. The second-order valence-electron chi connectivity index (χ2n) is 5.76. The maximum atomic E-state index is 13.4. The Kier molecular flexibility index (Phi) is 2.84. The molecule has 0 unspecified atom stereocenters. The zero-order valence-corrected chi connectivity index (χ0v) is 14.4. The summed E-state index contributed by atoms with van der Waals surface area (Å²) in [6, 6.07) is 7.60. The topological polar surface area (TPSA) is 108 Å². The molecule has 4 rings (SSSR count). The molecule has 1 amide bonds. The van der Waals surface area contributed by atoms with Crippen molar-refractivity contribution in [2.24, 2.45) is 5.73 Å². The second-order valence-corrected chi connectivity index (χ2v) is 6.67. The number of nitrogens with one attached hydrogen (secondary N) is 1. The molecule has 2 aliphatic heterocycles. The van der Waals surface area contributed by atoms with Crippen molar-refractivity contribution in [2.45, 2.75) is 12.3 Å². The minimum Gasteiger partial charge on any atom is -0.420 e. The zero-order chi connectivity index (χ0) is 17.2. The molecule has 1 spiro atoms. The number of likely N-dealkylation sites (N-methyl/N-ethyl adjacent to an activating group) is 1. The number of anilines is 1. The number of aromatic nitrogens is 2. The SMILES string of the molecule is Cc1[nH]nc2c1[C@]1(C(=O)N(C)c3ccc(Br)cc31)C(C#N)=C(N)O2. The summed E-state index contributed by atoms with van der Waals surface area (Å²) in [6.45, 7) is 1.79. The van der Waals surface area contributed by atoms with Crippen LogP contribution in [0.25, 0.3) is 0 Å². The van der Waals surface area contributed by atoms with Crippen molar-refractivity contribution in [1.29, 1.82) is 5.26 Å². The van der Waals surface area contributed by atoms with Gasteiger partial charge in [0.2, 0.25) is 17.7 Å². The van der Waals surface area contributed by atoms with Gasteiger partial charge >= 0.3 is 0 Å². The van der Waals surface area contributed by atoms with Gasteiger partial charge in [-0.05, 0) is 25.1 Å². The number of nitrogens with two attached hydrogens (primary N) is 1. The van der Waals surface area contributed by atoms with Gasteiger partial charge in [-0.25, -0.2) is 0 Å². The van der Waals surface area contributed by atoms with E-state index in [4.69, 9.17) is 10.5 Å². The number of halogens is 1. The maximum absolute atomic E-state index is 13.4. The van der Waals surface area contributed by atoms with Gasteiger partial charge in [-0.3, -0.25) is 9.89 Å². The van der Waals surface area contributed by atoms with Crippen molar-refractivity contribution in [3.8, 4) is 11.9 Å². The Hall–Kier alpha value is -2.79. The molecule has 0 saturated heterocycles. The van der Waals surface area contributed by atoms with Crippen LogP contribution in [0.1, 0.15) is 16.8 Å². The molecule has 0 aliphatic carbocycles. The summed E-state index contributed by atoms with van der Waals surface area (Å²) in [5.74, 6) is -0.145. The Labute approximate surface area is 145 Å². The smallest absolute Gasteiger partial charge is 0.247 e. The number of hydrogen-bond acceptors (Lipinski definition) is 5. The van der Waals surface area contributed by atoms with Crippen molar-refractivity contribution in [3.63, 3.8) is 0 Å². The Bertz CT molecular complexity index is 987. The lowest BCUT2D eigenvalue weighted by molar-refractivity contribution is -0.120. The lowest BCUT2D eigenvalue weighted by atomic mass is 9.69. The largest absolute Gasteiger partial charge is 0.420 e. The van der Waals surface area contributed by atoms with Crippen molar-refractivity contribution in [3.05, 3.63) is 50.9 Å². The molecule has 2 aromatic rings. The average Bonchev–Trinajstić information content (AvgIpc) is 3.01. The number of rotatable bonds is 0. The summed E-state index contributed by atoms with van der Waals surface area (Å²) in [7, 11) is 1.68. The Morgan fingerprint density at radius 1 is 1.50 bits per heavy atom. The molecule has 0 fully saturated rings. The van der Waals surface area contributed by atoms with Crippen LogP contribution in [-0.4, -0.2) is 23.2 Å². The third-order valence-corrected chi connectivity index (χ3v) is 5.07. The van der Waals surface area contributed by atoms with Crippen LogP contribution in [-0.2, 0) is 10.2 Å². The average molecular weight is 386 g/mol. The van der Waals surface area contributed by atoms with Gasteiger partial charge in [0.15, 0.2) is 0 Å². The quantitative estimate of drug-likeness (QED) is 0.718. The standard InChI is InChI=1S/C16H12BrN5O2/c1-7-12-14(21-20-7)24-13(19)10(6-18)16(12)9-5-8(17)3-4-11(9)22(2)15(16)23/h3-5H,19H2,1-2H3,(H,20,21)/t16-/m1/s1. The summed E-state index contributed by atoms with van der Waals surface area (Å²) in [5.41, 5.74) is 7.28. The van der Waals surface area contributed by atoms with Gasteiger partial charge in [0.25, 0.3) is 0 Å². The van der Waals surface area contributed by atoms with E-state index in [0.29, 0.717) is 16.8 Å². The molecule has 120 valence electrons. The first-order valence-corrected chi connectivity index (χ1v) is 7.94.